The second-order valence-corrected chi connectivity index (χ2v) is 3.49. The number of methoxy groups -OCH3 is 1. The van der Waals surface area contributed by atoms with Gasteiger partial charge in [0.25, 0.3) is 0 Å². The Labute approximate surface area is 83.3 Å². The van der Waals surface area contributed by atoms with Gasteiger partial charge in [-0.05, 0) is 19.5 Å². The third kappa shape index (κ3) is 6.05. The molecular weight excluding hydrogens is 162 g/mol. The Morgan fingerprint density at radius 1 is 1.15 bits per heavy atom. The van der Waals surface area contributed by atoms with E-state index in [-0.39, 0.29) is 0 Å². The minimum Gasteiger partial charge on any atom is -0.380 e. The van der Waals surface area contributed by atoms with Crippen LogP contribution in [0, 0.1) is 0 Å². The molecule has 0 spiro atoms. The molecule has 0 aromatic rings. The summed E-state index contributed by atoms with van der Waals surface area (Å²) in [5.74, 6) is 0. The van der Waals surface area contributed by atoms with E-state index in [1.165, 1.54) is 19.3 Å². The van der Waals surface area contributed by atoms with E-state index in [1.54, 1.807) is 0 Å². The van der Waals surface area contributed by atoms with Gasteiger partial charge in [0.1, 0.15) is 0 Å². The van der Waals surface area contributed by atoms with Crippen molar-refractivity contribution in [1.29, 1.82) is 0 Å². The van der Waals surface area contributed by atoms with Crippen molar-refractivity contribution in [3.05, 3.63) is 0 Å². The summed E-state index contributed by atoms with van der Waals surface area (Å²) >= 11 is 0. The molecule has 1 atom stereocenters. The van der Waals surface area contributed by atoms with Crippen LogP contribution in [0.4, 0.5) is 0 Å². The number of nitrogens with zero attached hydrogens (tertiary/aromatic N) is 1. The molecule has 0 rings (SSSR count). The first-order valence-electron chi connectivity index (χ1n) is 5.53. The van der Waals surface area contributed by atoms with Crippen molar-refractivity contribution in [2.45, 2.75) is 46.1 Å². The number of ether oxygens (including phenoxy) is 1. The molecule has 0 aromatic carbocycles. The maximum atomic E-state index is 5.44. The van der Waals surface area contributed by atoms with Crippen molar-refractivity contribution in [2.24, 2.45) is 0 Å². The lowest BCUT2D eigenvalue weighted by atomic mass is 10.1. The Kier molecular flexibility index (Phi) is 8.46. The lowest BCUT2D eigenvalue weighted by Crippen LogP contribution is -2.33. The van der Waals surface area contributed by atoms with Crippen LogP contribution in [0.2, 0.25) is 0 Å². The molecule has 0 aromatic heterocycles. The zero-order chi connectivity index (χ0) is 10.1. The second-order valence-electron chi connectivity index (χ2n) is 3.49. The molecule has 80 valence electrons. The van der Waals surface area contributed by atoms with Gasteiger partial charge in [0, 0.05) is 13.7 Å². The first kappa shape index (κ1) is 12.9. The molecule has 0 radical (unpaired) electrons. The third-order valence-corrected chi connectivity index (χ3v) is 2.57. The topological polar surface area (TPSA) is 12.5 Å². The quantitative estimate of drug-likeness (QED) is 0.579. The molecule has 0 N–H and O–H groups in total. The highest BCUT2D eigenvalue weighted by Crippen LogP contribution is 2.05. The van der Waals surface area contributed by atoms with Crippen LogP contribution in [-0.2, 0) is 4.74 Å². The minimum absolute atomic E-state index is 0.430. The standard InChI is InChI=1S/C11H25NO/c1-5-8-9-11(13-4)10-12(6-2)7-3/h11H,5-10H2,1-4H3. The normalized spacial score (nSPS) is 13.6. The predicted molar refractivity (Wildman–Crippen MR) is 58.1 cm³/mol. The van der Waals surface area contributed by atoms with Gasteiger partial charge in [-0.2, -0.15) is 0 Å². The van der Waals surface area contributed by atoms with Crippen molar-refractivity contribution in [3.63, 3.8) is 0 Å². The molecule has 0 saturated carbocycles. The first-order chi connectivity index (χ1) is 6.28. The van der Waals surface area contributed by atoms with E-state index in [0.717, 1.165) is 19.6 Å². The van der Waals surface area contributed by atoms with E-state index < -0.39 is 0 Å². The SMILES string of the molecule is CCCCC(CN(CC)CC)OC. The summed E-state index contributed by atoms with van der Waals surface area (Å²) < 4.78 is 5.44. The van der Waals surface area contributed by atoms with Crippen molar-refractivity contribution in [1.82, 2.24) is 4.90 Å². The fraction of sp³-hybridized carbons (Fsp3) is 1.00. The lowest BCUT2D eigenvalue weighted by molar-refractivity contribution is 0.0594. The average Bonchev–Trinajstić information content (AvgIpc) is 2.19. The van der Waals surface area contributed by atoms with Crippen LogP contribution in [0.1, 0.15) is 40.0 Å². The van der Waals surface area contributed by atoms with Gasteiger partial charge < -0.3 is 9.64 Å². The van der Waals surface area contributed by atoms with Crippen LogP contribution in [-0.4, -0.2) is 37.7 Å². The molecule has 0 aliphatic rings. The molecule has 2 nitrogen and oxygen atoms in total. The summed E-state index contributed by atoms with van der Waals surface area (Å²) in [7, 11) is 1.82. The van der Waals surface area contributed by atoms with Gasteiger partial charge in [-0.15, -0.1) is 0 Å². The molecule has 1 unspecified atom stereocenters. The Balaban J connectivity index is 3.67. The van der Waals surface area contributed by atoms with Gasteiger partial charge in [-0.25, -0.2) is 0 Å². The number of hydrogen-bond donors (Lipinski definition) is 0. The smallest absolute Gasteiger partial charge is 0.0698 e. The van der Waals surface area contributed by atoms with Gasteiger partial charge in [-0.1, -0.05) is 33.6 Å². The highest BCUT2D eigenvalue weighted by molar-refractivity contribution is 4.63. The second kappa shape index (κ2) is 8.52. The van der Waals surface area contributed by atoms with E-state index in [4.69, 9.17) is 4.74 Å². The molecular formula is C11H25NO. The first-order valence-corrected chi connectivity index (χ1v) is 5.53. The van der Waals surface area contributed by atoms with Gasteiger partial charge in [-0.3, -0.25) is 0 Å². The van der Waals surface area contributed by atoms with E-state index in [9.17, 15) is 0 Å². The molecule has 0 aliphatic heterocycles. The fourth-order valence-corrected chi connectivity index (χ4v) is 1.49. The summed E-state index contributed by atoms with van der Waals surface area (Å²) in [6.45, 7) is 9.98. The van der Waals surface area contributed by atoms with E-state index in [2.05, 4.69) is 25.7 Å². The number of unbranched alkanes of at least 4 members (excludes halogenated alkanes) is 1. The maximum Gasteiger partial charge on any atom is 0.0698 e. The molecule has 0 amide bonds. The van der Waals surface area contributed by atoms with Crippen molar-refractivity contribution < 1.29 is 4.74 Å². The lowest BCUT2D eigenvalue weighted by Gasteiger charge is -2.24. The van der Waals surface area contributed by atoms with Crippen molar-refractivity contribution in [2.75, 3.05) is 26.7 Å². The molecule has 0 bridgehead atoms. The van der Waals surface area contributed by atoms with E-state index in [1.807, 2.05) is 7.11 Å². The molecule has 0 saturated heterocycles. The monoisotopic (exact) mass is 187 g/mol. The zero-order valence-electron chi connectivity index (χ0n) is 9.68. The molecule has 0 aliphatic carbocycles. The van der Waals surface area contributed by atoms with Gasteiger partial charge in [0.2, 0.25) is 0 Å². The van der Waals surface area contributed by atoms with Crippen LogP contribution in [0.3, 0.4) is 0 Å². The summed E-state index contributed by atoms with van der Waals surface area (Å²) in [5.41, 5.74) is 0. The number of likely N-dealkylation sites (N-methyl/N-ethyl adjacent to an activating group) is 1. The number of rotatable bonds is 8. The van der Waals surface area contributed by atoms with Gasteiger partial charge in [0.05, 0.1) is 6.10 Å². The van der Waals surface area contributed by atoms with E-state index in [0.29, 0.717) is 6.10 Å². The highest BCUT2D eigenvalue weighted by Gasteiger charge is 2.10. The predicted octanol–water partition coefficient (Wildman–Crippen LogP) is 2.53. The summed E-state index contributed by atoms with van der Waals surface area (Å²) in [6.07, 6.45) is 4.17. The maximum absolute atomic E-state index is 5.44. The van der Waals surface area contributed by atoms with Crippen molar-refractivity contribution >= 4 is 0 Å². The van der Waals surface area contributed by atoms with Gasteiger partial charge in [0.15, 0.2) is 0 Å². The van der Waals surface area contributed by atoms with Crippen molar-refractivity contribution in [3.8, 4) is 0 Å². The fourth-order valence-electron chi connectivity index (χ4n) is 1.49. The van der Waals surface area contributed by atoms with E-state index >= 15 is 0 Å². The summed E-state index contributed by atoms with van der Waals surface area (Å²) in [6, 6.07) is 0. The minimum atomic E-state index is 0.430. The van der Waals surface area contributed by atoms with Gasteiger partial charge >= 0.3 is 0 Å². The summed E-state index contributed by atoms with van der Waals surface area (Å²) in [5, 5.41) is 0. The molecule has 0 fully saturated rings. The van der Waals surface area contributed by atoms with Crippen LogP contribution in [0.5, 0.6) is 0 Å². The molecule has 0 heterocycles. The number of hydrogen-bond acceptors (Lipinski definition) is 2. The van der Waals surface area contributed by atoms with Crippen LogP contribution in [0.25, 0.3) is 0 Å². The Morgan fingerprint density at radius 2 is 1.77 bits per heavy atom. The zero-order valence-corrected chi connectivity index (χ0v) is 9.68. The third-order valence-electron chi connectivity index (χ3n) is 2.57. The summed E-state index contributed by atoms with van der Waals surface area (Å²) in [4.78, 5) is 2.42. The Hall–Kier alpha value is -0.0800. The largest absolute Gasteiger partial charge is 0.380 e. The van der Waals surface area contributed by atoms with Crippen LogP contribution in [0.15, 0.2) is 0 Å². The van der Waals surface area contributed by atoms with Crippen LogP contribution < -0.4 is 0 Å². The molecule has 13 heavy (non-hydrogen) atoms. The average molecular weight is 187 g/mol. The Bertz CT molecular complexity index is 102. The Morgan fingerprint density at radius 3 is 2.15 bits per heavy atom. The van der Waals surface area contributed by atoms with Crippen LogP contribution >= 0.6 is 0 Å². The molecule has 2 heteroatoms. The highest BCUT2D eigenvalue weighted by atomic mass is 16.5.